The Labute approximate surface area is 116 Å². The van der Waals surface area contributed by atoms with Gasteiger partial charge in [-0.05, 0) is 36.2 Å². The van der Waals surface area contributed by atoms with Gasteiger partial charge in [0.15, 0.2) is 0 Å². The first kappa shape index (κ1) is 12.9. The van der Waals surface area contributed by atoms with Crippen LogP contribution in [0.4, 0.5) is 16.0 Å². The molecule has 0 spiro atoms. The fourth-order valence-corrected chi connectivity index (χ4v) is 2.45. The molecule has 1 aliphatic rings. The lowest BCUT2D eigenvalue weighted by Gasteiger charge is -2.16. The van der Waals surface area contributed by atoms with E-state index in [4.69, 9.17) is 10.3 Å². The first-order valence-electron chi connectivity index (χ1n) is 6.88. The molecule has 2 aromatic rings. The SMILES string of the molecule is Nc1cc(F)ccc1-c1nc(N2CCCCCC2)no1. The first-order valence-corrected chi connectivity index (χ1v) is 6.88. The fourth-order valence-electron chi connectivity index (χ4n) is 2.45. The Balaban J connectivity index is 1.85. The van der Waals surface area contributed by atoms with Gasteiger partial charge in [0, 0.05) is 18.8 Å². The molecule has 5 nitrogen and oxygen atoms in total. The summed E-state index contributed by atoms with van der Waals surface area (Å²) in [5, 5.41) is 4.01. The van der Waals surface area contributed by atoms with Gasteiger partial charge >= 0.3 is 0 Å². The van der Waals surface area contributed by atoms with Crippen molar-refractivity contribution in [2.75, 3.05) is 23.7 Å². The molecule has 0 amide bonds. The van der Waals surface area contributed by atoms with Gasteiger partial charge in [0.2, 0.25) is 0 Å². The maximum Gasteiger partial charge on any atom is 0.266 e. The van der Waals surface area contributed by atoms with Gasteiger partial charge in [-0.1, -0.05) is 12.8 Å². The van der Waals surface area contributed by atoms with Gasteiger partial charge in [-0.15, -0.1) is 0 Å². The number of aromatic nitrogens is 2. The summed E-state index contributed by atoms with van der Waals surface area (Å²) >= 11 is 0. The zero-order valence-corrected chi connectivity index (χ0v) is 11.2. The lowest BCUT2D eigenvalue weighted by Crippen LogP contribution is -2.24. The van der Waals surface area contributed by atoms with E-state index in [1.165, 1.54) is 25.0 Å². The highest BCUT2D eigenvalue weighted by Crippen LogP contribution is 2.27. The summed E-state index contributed by atoms with van der Waals surface area (Å²) in [7, 11) is 0. The van der Waals surface area contributed by atoms with E-state index in [9.17, 15) is 4.39 Å². The molecule has 1 aromatic heterocycles. The van der Waals surface area contributed by atoms with E-state index in [2.05, 4.69) is 15.0 Å². The van der Waals surface area contributed by atoms with Gasteiger partial charge in [0.1, 0.15) is 5.82 Å². The van der Waals surface area contributed by atoms with Crippen molar-refractivity contribution in [1.29, 1.82) is 0 Å². The topological polar surface area (TPSA) is 68.2 Å². The molecule has 0 aliphatic carbocycles. The fraction of sp³-hybridized carbons (Fsp3) is 0.429. The number of rotatable bonds is 2. The van der Waals surface area contributed by atoms with Crippen LogP contribution in [0.3, 0.4) is 0 Å². The molecule has 106 valence electrons. The average molecular weight is 276 g/mol. The van der Waals surface area contributed by atoms with Gasteiger partial charge in [-0.2, -0.15) is 4.98 Å². The Bertz CT molecular complexity index is 591. The predicted octanol–water partition coefficient (Wildman–Crippen LogP) is 2.84. The molecular formula is C14H17FN4O. The van der Waals surface area contributed by atoms with E-state index in [1.54, 1.807) is 6.07 Å². The van der Waals surface area contributed by atoms with Crippen molar-refractivity contribution in [2.24, 2.45) is 0 Å². The summed E-state index contributed by atoms with van der Waals surface area (Å²) < 4.78 is 18.3. The van der Waals surface area contributed by atoms with Crippen LogP contribution in [0.5, 0.6) is 0 Å². The van der Waals surface area contributed by atoms with Crippen molar-refractivity contribution in [3.8, 4) is 11.5 Å². The Morgan fingerprint density at radius 3 is 2.60 bits per heavy atom. The number of hydrogen-bond donors (Lipinski definition) is 1. The minimum atomic E-state index is -0.376. The highest BCUT2D eigenvalue weighted by atomic mass is 19.1. The van der Waals surface area contributed by atoms with Crippen LogP contribution >= 0.6 is 0 Å². The van der Waals surface area contributed by atoms with E-state index in [0.29, 0.717) is 23.1 Å². The van der Waals surface area contributed by atoms with E-state index in [-0.39, 0.29) is 5.82 Å². The van der Waals surface area contributed by atoms with Gasteiger partial charge in [-0.3, -0.25) is 0 Å². The zero-order valence-electron chi connectivity index (χ0n) is 11.2. The van der Waals surface area contributed by atoms with Crippen LogP contribution in [-0.2, 0) is 0 Å². The van der Waals surface area contributed by atoms with Crippen molar-refractivity contribution < 1.29 is 8.91 Å². The monoisotopic (exact) mass is 276 g/mol. The normalized spacial score (nSPS) is 16.1. The summed E-state index contributed by atoms with van der Waals surface area (Å²) in [4.78, 5) is 6.51. The standard InChI is InChI=1S/C14H17FN4O/c15-10-5-6-11(12(16)9-10)13-17-14(18-20-13)19-7-3-1-2-4-8-19/h5-6,9H,1-4,7-8,16H2. The van der Waals surface area contributed by atoms with Crippen molar-refractivity contribution in [2.45, 2.75) is 25.7 Å². The molecule has 6 heteroatoms. The number of nitrogens with two attached hydrogens (primary N) is 1. The van der Waals surface area contributed by atoms with Crippen molar-refractivity contribution >= 4 is 11.6 Å². The average Bonchev–Trinajstić information content (AvgIpc) is 2.74. The third-order valence-electron chi connectivity index (χ3n) is 3.55. The van der Waals surface area contributed by atoms with Crippen molar-refractivity contribution in [3.63, 3.8) is 0 Å². The van der Waals surface area contributed by atoms with E-state index >= 15 is 0 Å². The Hall–Kier alpha value is -2.11. The Morgan fingerprint density at radius 1 is 1.15 bits per heavy atom. The largest absolute Gasteiger partial charge is 0.398 e. The lowest BCUT2D eigenvalue weighted by molar-refractivity contribution is 0.429. The van der Waals surface area contributed by atoms with Crippen LogP contribution in [-0.4, -0.2) is 23.2 Å². The molecule has 3 rings (SSSR count). The molecule has 0 saturated carbocycles. The molecule has 2 N–H and O–H groups in total. The highest BCUT2D eigenvalue weighted by molar-refractivity contribution is 5.70. The maximum atomic E-state index is 13.0. The summed E-state index contributed by atoms with van der Waals surface area (Å²) in [5.41, 5.74) is 6.66. The molecular weight excluding hydrogens is 259 g/mol. The van der Waals surface area contributed by atoms with Gasteiger partial charge < -0.3 is 15.2 Å². The quantitative estimate of drug-likeness (QED) is 0.854. The molecule has 2 heterocycles. The van der Waals surface area contributed by atoms with Gasteiger partial charge in [0.05, 0.1) is 5.56 Å². The lowest BCUT2D eigenvalue weighted by atomic mass is 10.2. The molecule has 0 radical (unpaired) electrons. The summed E-state index contributed by atoms with van der Waals surface area (Å²) in [6.07, 6.45) is 4.77. The molecule has 1 aromatic carbocycles. The van der Waals surface area contributed by atoms with Crippen LogP contribution in [0.1, 0.15) is 25.7 Å². The third kappa shape index (κ3) is 2.59. The Morgan fingerprint density at radius 2 is 1.90 bits per heavy atom. The van der Waals surface area contributed by atoms with E-state index in [1.807, 2.05) is 0 Å². The molecule has 0 unspecified atom stereocenters. The molecule has 0 atom stereocenters. The van der Waals surface area contributed by atoms with Gasteiger partial charge in [0.25, 0.3) is 11.8 Å². The highest BCUT2D eigenvalue weighted by Gasteiger charge is 2.18. The number of benzene rings is 1. The molecule has 1 fully saturated rings. The smallest absolute Gasteiger partial charge is 0.266 e. The number of halogens is 1. The minimum absolute atomic E-state index is 0.302. The minimum Gasteiger partial charge on any atom is -0.398 e. The second-order valence-electron chi connectivity index (χ2n) is 5.03. The molecule has 1 aliphatic heterocycles. The number of nitrogens with zero attached hydrogens (tertiary/aromatic N) is 3. The maximum absolute atomic E-state index is 13.0. The van der Waals surface area contributed by atoms with Crippen molar-refractivity contribution in [3.05, 3.63) is 24.0 Å². The van der Waals surface area contributed by atoms with Crippen LogP contribution in [0.2, 0.25) is 0 Å². The number of anilines is 2. The zero-order chi connectivity index (χ0) is 13.9. The summed E-state index contributed by atoms with van der Waals surface area (Å²) in [6.45, 7) is 1.88. The van der Waals surface area contributed by atoms with Crippen LogP contribution in [0.25, 0.3) is 11.5 Å². The number of hydrogen-bond acceptors (Lipinski definition) is 5. The first-order chi connectivity index (χ1) is 9.74. The second kappa shape index (κ2) is 5.48. The Kier molecular flexibility index (Phi) is 3.54. The molecule has 1 saturated heterocycles. The second-order valence-corrected chi connectivity index (χ2v) is 5.03. The van der Waals surface area contributed by atoms with Crippen LogP contribution in [0.15, 0.2) is 22.7 Å². The van der Waals surface area contributed by atoms with Crippen LogP contribution in [0, 0.1) is 5.82 Å². The number of nitrogen functional groups attached to an aromatic ring is 1. The van der Waals surface area contributed by atoms with E-state index < -0.39 is 0 Å². The van der Waals surface area contributed by atoms with Crippen molar-refractivity contribution in [1.82, 2.24) is 10.1 Å². The third-order valence-corrected chi connectivity index (χ3v) is 3.55. The predicted molar refractivity (Wildman–Crippen MR) is 74.8 cm³/mol. The van der Waals surface area contributed by atoms with Crippen LogP contribution < -0.4 is 10.6 Å². The van der Waals surface area contributed by atoms with Gasteiger partial charge in [-0.25, -0.2) is 4.39 Å². The summed E-state index contributed by atoms with van der Waals surface area (Å²) in [6, 6.07) is 4.15. The molecule has 0 bridgehead atoms. The molecule has 20 heavy (non-hydrogen) atoms. The van der Waals surface area contributed by atoms with E-state index in [0.717, 1.165) is 25.9 Å². The summed E-state index contributed by atoms with van der Waals surface area (Å²) in [5.74, 6) is 0.547.